The molecule has 0 radical (unpaired) electrons. The lowest BCUT2D eigenvalue weighted by molar-refractivity contribution is -0.202. The molecule has 4 aliphatic carbocycles. The number of rotatable bonds is 8. The number of aliphatic hydroxyl groups is 2. The summed E-state index contributed by atoms with van der Waals surface area (Å²) in [6.45, 7) is 9.23. The summed E-state index contributed by atoms with van der Waals surface area (Å²) in [6.07, 6.45) is 9.79. The molecule has 5 rings (SSSR count). The Hall–Kier alpha value is -1.64. The second kappa shape index (κ2) is 11.8. The van der Waals surface area contributed by atoms with Crippen molar-refractivity contribution in [3.63, 3.8) is 0 Å². The summed E-state index contributed by atoms with van der Waals surface area (Å²) >= 11 is 0. The van der Waals surface area contributed by atoms with Crippen molar-refractivity contribution < 1.29 is 28.2 Å². The van der Waals surface area contributed by atoms with Gasteiger partial charge in [-0.3, -0.25) is 0 Å². The molecule has 4 fully saturated rings. The molecule has 1 aromatic rings. The van der Waals surface area contributed by atoms with Gasteiger partial charge in [0.1, 0.15) is 0 Å². The number of sulfonamides is 1. The number of hydrogen-bond acceptors (Lipinski definition) is 6. The quantitative estimate of drug-likeness (QED) is 0.311. The zero-order valence-corrected chi connectivity index (χ0v) is 26.2. The van der Waals surface area contributed by atoms with Gasteiger partial charge < -0.3 is 14.9 Å². The topological polar surface area (TPSA) is 113 Å². The van der Waals surface area contributed by atoms with Gasteiger partial charge in [-0.05, 0) is 130 Å². The van der Waals surface area contributed by atoms with E-state index in [1.807, 2.05) is 11.6 Å². The summed E-state index contributed by atoms with van der Waals surface area (Å²) in [5, 5.41) is 22.3. The van der Waals surface area contributed by atoms with Crippen LogP contribution in [0.5, 0.6) is 0 Å². The maximum atomic E-state index is 12.4. The average molecular weight is 590 g/mol. The average Bonchev–Trinajstić information content (AvgIpc) is 3.25. The molecule has 4 aliphatic rings. The second-order valence-electron chi connectivity index (χ2n) is 14.3. The van der Waals surface area contributed by atoms with Crippen LogP contribution in [0.1, 0.15) is 97.0 Å². The first-order valence-corrected chi connectivity index (χ1v) is 17.5. The fourth-order valence-corrected chi connectivity index (χ4v) is 11.0. The van der Waals surface area contributed by atoms with Gasteiger partial charge in [-0.2, -0.15) is 0 Å². The number of nitrogens with one attached hydrogen (secondary N) is 1. The van der Waals surface area contributed by atoms with Gasteiger partial charge in [-0.1, -0.05) is 44.9 Å². The molecule has 0 spiro atoms. The van der Waals surface area contributed by atoms with Gasteiger partial charge in [-0.25, -0.2) is 17.9 Å². The molecular formula is C33H51NO6S. The van der Waals surface area contributed by atoms with E-state index in [9.17, 15) is 23.4 Å². The van der Waals surface area contributed by atoms with Crippen LogP contribution in [-0.4, -0.2) is 43.5 Å². The number of amides is 1. The fourth-order valence-electron chi connectivity index (χ4n) is 10.1. The maximum absolute atomic E-state index is 12.4. The normalized spacial score (nSPS) is 40.2. The minimum Gasteiger partial charge on any atom is -0.449 e. The molecule has 7 nitrogen and oxygen atoms in total. The number of hydrogen-bond donors (Lipinski definition) is 3. The number of fused-ring (bicyclic) bond motifs is 5. The van der Waals surface area contributed by atoms with Gasteiger partial charge in [0, 0.05) is 0 Å². The highest BCUT2D eigenvalue weighted by Gasteiger charge is 2.64. The highest BCUT2D eigenvalue weighted by Crippen LogP contribution is 2.69. The Kier molecular flexibility index (Phi) is 8.87. The molecule has 1 amide bonds. The number of carbonyl (C=O) groups is 1. The third-order valence-electron chi connectivity index (χ3n) is 12.3. The molecule has 8 heteroatoms. The predicted octanol–water partition coefficient (Wildman–Crippen LogP) is 6.21. The highest BCUT2D eigenvalue weighted by atomic mass is 32.2. The van der Waals surface area contributed by atoms with Crippen molar-refractivity contribution in [3.8, 4) is 0 Å². The summed E-state index contributed by atoms with van der Waals surface area (Å²) in [5.41, 5.74) is 1.38. The molecule has 0 aliphatic heterocycles. The van der Waals surface area contributed by atoms with Crippen LogP contribution in [0, 0.1) is 53.3 Å². The molecule has 0 saturated heterocycles. The van der Waals surface area contributed by atoms with Crippen LogP contribution in [0.3, 0.4) is 0 Å². The van der Waals surface area contributed by atoms with Gasteiger partial charge in [0.15, 0.2) is 0 Å². The van der Waals surface area contributed by atoms with Crippen molar-refractivity contribution >= 4 is 16.1 Å². The van der Waals surface area contributed by atoms with Crippen molar-refractivity contribution in [2.24, 2.45) is 46.3 Å². The van der Waals surface area contributed by atoms with Crippen LogP contribution in [0.4, 0.5) is 4.79 Å². The van der Waals surface area contributed by atoms with Crippen LogP contribution in [-0.2, 0) is 14.8 Å². The minimum absolute atomic E-state index is 0.0396. The first-order valence-electron chi connectivity index (χ1n) is 16.0. The molecule has 0 unspecified atom stereocenters. The van der Waals surface area contributed by atoms with Gasteiger partial charge in [-0.15, -0.1) is 0 Å². The van der Waals surface area contributed by atoms with E-state index >= 15 is 0 Å². The van der Waals surface area contributed by atoms with Crippen LogP contribution in [0.15, 0.2) is 29.2 Å². The Balaban J connectivity index is 1.14. The SMILES string of the molecule is CC[C@H]1[C@@H](O)[C@@H]2[C@H](CC[C@]3(C)[C@@H](CCCCOC(=O)NS(=O)(=O)c4ccc(C)cc4)CC[C@@H]23)[C@@]2(C)CC[C@@H](O)C[C@@H]12. The van der Waals surface area contributed by atoms with E-state index in [-0.39, 0.29) is 40.5 Å². The molecule has 41 heavy (non-hydrogen) atoms. The summed E-state index contributed by atoms with van der Waals surface area (Å²) in [7, 11) is -3.95. The Morgan fingerprint density at radius 3 is 2.37 bits per heavy atom. The lowest BCUT2D eigenvalue weighted by atomic mass is 9.41. The van der Waals surface area contributed by atoms with Crippen LogP contribution in [0.2, 0.25) is 0 Å². The number of aliphatic hydroxyl groups excluding tert-OH is 2. The van der Waals surface area contributed by atoms with E-state index < -0.39 is 16.1 Å². The Bertz CT molecular complexity index is 1190. The predicted molar refractivity (Wildman–Crippen MR) is 158 cm³/mol. The number of carbonyl (C=O) groups excluding carboxylic acids is 1. The molecule has 0 bridgehead atoms. The van der Waals surface area contributed by atoms with Gasteiger partial charge >= 0.3 is 6.09 Å². The number of unbranched alkanes of at least 4 members (excludes halogenated alkanes) is 1. The summed E-state index contributed by atoms with van der Waals surface area (Å²) in [4.78, 5) is 12.2. The Morgan fingerprint density at radius 1 is 0.976 bits per heavy atom. The van der Waals surface area contributed by atoms with E-state index in [2.05, 4.69) is 20.8 Å². The molecule has 10 atom stereocenters. The van der Waals surface area contributed by atoms with E-state index in [1.54, 1.807) is 12.1 Å². The van der Waals surface area contributed by atoms with Gasteiger partial charge in [0.2, 0.25) is 0 Å². The van der Waals surface area contributed by atoms with E-state index in [1.165, 1.54) is 37.8 Å². The first kappa shape index (κ1) is 30.8. The smallest absolute Gasteiger partial charge is 0.421 e. The fraction of sp³-hybridized carbons (Fsp3) is 0.788. The number of ether oxygens (including phenoxy) is 1. The number of aryl methyl sites for hydroxylation is 1. The molecule has 1 aromatic carbocycles. The van der Waals surface area contributed by atoms with Crippen LogP contribution in [0.25, 0.3) is 0 Å². The van der Waals surface area contributed by atoms with Crippen molar-refractivity contribution in [2.45, 2.75) is 115 Å². The molecular weight excluding hydrogens is 538 g/mol. The third-order valence-corrected chi connectivity index (χ3v) is 13.6. The van der Waals surface area contributed by atoms with Crippen molar-refractivity contribution in [2.75, 3.05) is 6.61 Å². The Morgan fingerprint density at radius 2 is 1.66 bits per heavy atom. The summed E-state index contributed by atoms with van der Waals surface area (Å²) < 4.78 is 32.1. The lowest BCUT2D eigenvalue weighted by Crippen LogP contribution is -2.62. The van der Waals surface area contributed by atoms with E-state index in [0.717, 1.165) is 44.1 Å². The third kappa shape index (κ3) is 5.70. The molecule has 230 valence electrons. The minimum atomic E-state index is -3.95. The van der Waals surface area contributed by atoms with Crippen LogP contribution < -0.4 is 4.72 Å². The van der Waals surface area contributed by atoms with Crippen LogP contribution >= 0.6 is 0 Å². The van der Waals surface area contributed by atoms with E-state index in [0.29, 0.717) is 36.0 Å². The number of benzene rings is 1. The maximum Gasteiger partial charge on any atom is 0.421 e. The summed E-state index contributed by atoms with van der Waals surface area (Å²) in [5.74, 6) is 2.71. The van der Waals surface area contributed by atoms with Crippen molar-refractivity contribution in [1.29, 1.82) is 0 Å². The highest BCUT2D eigenvalue weighted by molar-refractivity contribution is 7.90. The standard InChI is InChI=1S/C33H51NO6S/c1-5-25-28-20-23(35)15-17-33(28,4)27-16-18-32(3)22(11-14-26(32)29(27)30(25)36)8-6-7-19-40-31(37)34-41(38,39)24-12-9-21(2)10-13-24/h9-10,12-13,22-23,25-30,35-36H,5-8,11,14-20H2,1-4H3,(H,34,37)/t22-,23+,25+,26-,27-,28-,29-,30+,32+,33+/m0/s1. The molecule has 4 saturated carbocycles. The largest absolute Gasteiger partial charge is 0.449 e. The zero-order valence-electron chi connectivity index (χ0n) is 25.3. The molecule has 3 N–H and O–H groups in total. The first-order chi connectivity index (χ1) is 19.4. The lowest BCUT2D eigenvalue weighted by Gasteiger charge is -2.64. The molecule has 0 heterocycles. The summed E-state index contributed by atoms with van der Waals surface area (Å²) in [6, 6.07) is 6.33. The zero-order chi connectivity index (χ0) is 29.6. The van der Waals surface area contributed by atoms with Gasteiger partial charge in [0.25, 0.3) is 10.0 Å². The second-order valence-corrected chi connectivity index (χ2v) is 15.9. The molecule has 0 aromatic heterocycles. The van der Waals surface area contributed by atoms with Crippen molar-refractivity contribution in [3.05, 3.63) is 29.8 Å². The van der Waals surface area contributed by atoms with E-state index in [4.69, 9.17) is 4.74 Å². The Labute approximate surface area is 246 Å². The van der Waals surface area contributed by atoms with Crippen molar-refractivity contribution in [1.82, 2.24) is 4.72 Å². The monoisotopic (exact) mass is 589 g/mol. The van der Waals surface area contributed by atoms with Gasteiger partial charge in [0.05, 0.1) is 23.7 Å².